The molecule has 8 nitrogen and oxygen atoms in total. The maximum absolute atomic E-state index is 12.7. The molecule has 3 aromatic carbocycles. The van der Waals surface area contributed by atoms with E-state index in [1.165, 1.54) is 31.2 Å². The Hall–Kier alpha value is -4.77. The first-order chi connectivity index (χ1) is 15.9. The van der Waals surface area contributed by atoms with Crippen LogP contribution in [-0.2, 0) is 9.53 Å². The van der Waals surface area contributed by atoms with E-state index in [2.05, 4.69) is 5.32 Å². The molecule has 162 valence electrons. The SMILES string of the molecule is C[C@H](OC(=O)c1cccc(N2C(=O)c3ccccc3C2=O)c1)C(=O)Nc1ccccc1C#N. The number of para-hydroxylation sites is 1. The van der Waals surface area contributed by atoms with Gasteiger partial charge < -0.3 is 10.1 Å². The Balaban J connectivity index is 1.48. The predicted octanol–water partition coefficient (Wildman–Crippen LogP) is 3.54. The van der Waals surface area contributed by atoms with Crippen molar-refractivity contribution in [2.45, 2.75) is 13.0 Å². The average Bonchev–Trinajstić information content (AvgIpc) is 3.09. The zero-order chi connectivity index (χ0) is 23.5. The van der Waals surface area contributed by atoms with Gasteiger partial charge in [-0.2, -0.15) is 5.26 Å². The van der Waals surface area contributed by atoms with Crippen molar-refractivity contribution in [2.24, 2.45) is 0 Å². The van der Waals surface area contributed by atoms with Crippen molar-refractivity contribution in [3.63, 3.8) is 0 Å². The number of esters is 1. The normalized spacial score (nSPS) is 13.2. The van der Waals surface area contributed by atoms with Gasteiger partial charge in [0.05, 0.1) is 33.6 Å². The molecule has 1 N–H and O–H groups in total. The van der Waals surface area contributed by atoms with Crippen LogP contribution in [0.15, 0.2) is 72.8 Å². The number of fused-ring (bicyclic) bond motifs is 1. The lowest BCUT2D eigenvalue weighted by molar-refractivity contribution is -0.123. The van der Waals surface area contributed by atoms with Gasteiger partial charge in [0.2, 0.25) is 0 Å². The summed E-state index contributed by atoms with van der Waals surface area (Å²) in [5, 5.41) is 11.7. The van der Waals surface area contributed by atoms with E-state index < -0.39 is 29.8 Å². The van der Waals surface area contributed by atoms with E-state index >= 15 is 0 Å². The first-order valence-electron chi connectivity index (χ1n) is 9.99. The number of nitriles is 1. The Bertz CT molecular complexity index is 1310. The lowest BCUT2D eigenvalue weighted by Gasteiger charge is -2.16. The van der Waals surface area contributed by atoms with Crippen LogP contribution in [0.5, 0.6) is 0 Å². The summed E-state index contributed by atoms with van der Waals surface area (Å²) < 4.78 is 5.25. The van der Waals surface area contributed by atoms with Crippen molar-refractivity contribution >= 4 is 35.1 Å². The number of carbonyl (C=O) groups is 4. The van der Waals surface area contributed by atoms with Crippen LogP contribution < -0.4 is 10.2 Å². The number of hydrogen-bond donors (Lipinski definition) is 1. The fourth-order valence-corrected chi connectivity index (χ4v) is 3.40. The highest BCUT2D eigenvalue weighted by molar-refractivity contribution is 6.34. The van der Waals surface area contributed by atoms with Crippen LogP contribution in [-0.4, -0.2) is 29.8 Å². The number of rotatable bonds is 5. The average molecular weight is 439 g/mol. The molecule has 0 aliphatic carbocycles. The molecular formula is C25H17N3O5. The predicted molar refractivity (Wildman–Crippen MR) is 119 cm³/mol. The van der Waals surface area contributed by atoms with Gasteiger partial charge >= 0.3 is 5.97 Å². The molecule has 0 bridgehead atoms. The maximum Gasteiger partial charge on any atom is 0.338 e. The molecule has 8 heteroatoms. The number of amides is 3. The smallest absolute Gasteiger partial charge is 0.338 e. The number of nitrogens with zero attached hydrogens (tertiary/aromatic N) is 2. The van der Waals surface area contributed by atoms with Crippen molar-refractivity contribution in [3.05, 3.63) is 95.1 Å². The van der Waals surface area contributed by atoms with Gasteiger partial charge in [0, 0.05) is 0 Å². The fourth-order valence-electron chi connectivity index (χ4n) is 3.40. The molecule has 3 aromatic rings. The molecule has 1 aliphatic heterocycles. The zero-order valence-corrected chi connectivity index (χ0v) is 17.4. The number of benzene rings is 3. The van der Waals surface area contributed by atoms with Gasteiger partial charge in [0.1, 0.15) is 6.07 Å². The Morgan fingerprint density at radius 1 is 0.939 bits per heavy atom. The van der Waals surface area contributed by atoms with Gasteiger partial charge in [-0.3, -0.25) is 14.4 Å². The van der Waals surface area contributed by atoms with Gasteiger partial charge in [0.15, 0.2) is 6.10 Å². The number of ether oxygens (including phenoxy) is 1. The highest BCUT2D eigenvalue weighted by Crippen LogP contribution is 2.29. The summed E-state index contributed by atoms with van der Waals surface area (Å²) in [6.07, 6.45) is -1.16. The minimum absolute atomic E-state index is 0.0705. The summed E-state index contributed by atoms with van der Waals surface area (Å²) >= 11 is 0. The van der Waals surface area contributed by atoms with Gasteiger partial charge in [-0.1, -0.05) is 30.3 Å². The number of hydrogen-bond acceptors (Lipinski definition) is 6. The molecule has 0 saturated carbocycles. The summed E-state index contributed by atoms with van der Waals surface area (Å²) in [6.45, 7) is 1.40. The van der Waals surface area contributed by atoms with Crippen LogP contribution in [0.3, 0.4) is 0 Å². The number of nitrogens with one attached hydrogen (secondary N) is 1. The molecule has 0 aromatic heterocycles. The molecule has 1 aliphatic rings. The summed E-state index contributed by atoms with van der Waals surface area (Å²) in [4.78, 5) is 51.5. The number of anilines is 2. The first-order valence-corrected chi connectivity index (χ1v) is 9.99. The van der Waals surface area contributed by atoms with Crippen LogP contribution >= 0.6 is 0 Å². The highest BCUT2D eigenvalue weighted by Gasteiger charge is 2.36. The Morgan fingerprint density at radius 2 is 1.58 bits per heavy atom. The highest BCUT2D eigenvalue weighted by atomic mass is 16.5. The topological polar surface area (TPSA) is 117 Å². The van der Waals surface area contributed by atoms with Crippen LogP contribution in [0.1, 0.15) is 43.6 Å². The molecule has 33 heavy (non-hydrogen) atoms. The summed E-state index contributed by atoms with van der Waals surface area (Å²) in [5.41, 5.74) is 1.45. The Labute approximate surface area is 189 Å². The van der Waals surface area contributed by atoms with Crippen LogP contribution in [0.2, 0.25) is 0 Å². The van der Waals surface area contributed by atoms with E-state index in [1.807, 2.05) is 6.07 Å². The van der Waals surface area contributed by atoms with E-state index in [4.69, 9.17) is 10.00 Å². The van der Waals surface area contributed by atoms with Gasteiger partial charge in [0.25, 0.3) is 17.7 Å². The lowest BCUT2D eigenvalue weighted by Crippen LogP contribution is -2.31. The second-order valence-electron chi connectivity index (χ2n) is 7.24. The molecule has 4 rings (SSSR count). The molecule has 0 radical (unpaired) electrons. The largest absolute Gasteiger partial charge is 0.449 e. The van der Waals surface area contributed by atoms with Crippen molar-refractivity contribution in [3.8, 4) is 6.07 Å². The van der Waals surface area contributed by atoms with Crippen molar-refractivity contribution in [1.29, 1.82) is 5.26 Å². The van der Waals surface area contributed by atoms with Crippen LogP contribution in [0.25, 0.3) is 0 Å². The number of carbonyl (C=O) groups excluding carboxylic acids is 4. The monoisotopic (exact) mass is 439 g/mol. The molecule has 3 amide bonds. The van der Waals surface area contributed by atoms with E-state index in [1.54, 1.807) is 48.5 Å². The summed E-state index contributed by atoms with van der Waals surface area (Å²) in [7, 11) is 0. The minimum Gasteiger partial charge on any atom is -0.449 e. The molecule has 1 heterocycles. The quantitative estimate of drug-likeness (QED) is 0.480. The van der Waals surface area contributed by atoms with Crippen molar-refractivity contribution < 1.29 is 23.9 Å². The third kappa shape index (κ3) is 4.07. The van der Waals surface area contributed by atoms with E-state index in [9.17, 15) is 19.2 Å². The number of imide groups is 1. The third-order valence-electron chi connectivity index (χ3n) is 5.09. The molecular weight excluding hydrogens is 422 g/mol. The lowest BCUT2D eigenvalue weighted by atomic mass is 10.1. The molecule has 1 atom stereocenters. The standard InChI is InChI=1S/C25H17N3O5/c1-15(22(29)27-21-12-5-2-7-17(21)14-26)33-25(32)16-8-6-9-18(13-16)28-23(30)19-10-3-4-11-20(19)24(28)31/h2-13,15H,1H3,(H,27,29)/t15-/m0/s1. The zero-order valence-electron chi connectivity index (χ0n) is 17.4. The molecule has 0 spiro atoms. The third-order valence-corrected chi connectivity index (χ3v) is 5.09. The summed E-state index contributed by atoms with van der Waals surface area (Å²) in [6, 6.07) is 20.8. The van der Waals surface area contributed by atoms with Crippen molar-refractivity contribution in [2.75, 3.05) is 10.2 Å². The van der Waals surface area contributed by atoms with Crippen molar-refractivity contribution in [1.82, 2.24) is 0 Å². The van der Waals surface area contributed by atoms with Gasteiger partial charge in [-0.25, -0.2) is 9.69 Å². The van der Waals surface area contributed by atoms with E-state index in [0.717, 1.165) is 4.90 Å². The fraction of sp³-hybridized carbons (Fsp3) is 0.0800. The Kier molecular flexibility index (Phi) is 5.70. The molecule has 0 unspecified atom stereocenters. The van der Waals surface area contributed by atoms with E-state index in [-0.39, 0.29) is 16.8 Å². The second kappa shape index (κ2) is 8.77. The Morgan fingerprint density at radius 3 is 2.24 bits per heavy atom. The summed E-state index contributed by atoms with van der Waals surface area (Å²) in [5.74, 6) is -2.37. The second-order valence-corrected chi connectivity index (χ2v) is 7.24. The molecule has 0 fully saturated rings. The van der Waals surface area contributed by atoms with E-state index in [0.29, 0.717) is 16.8 Å². The van der Waals surface area contributed by atoms with Gasteiger partial charge in [-0.05, 0) is 49.4 Å². The first kappa shape index (κ1) is 21.5. The van der Waals surface area contributed by atoms with Crippen LogP contribution in [0, 0.1) is 11.3 Å². The minimum atomic E-state index is -1.16. The van der Waals surface area contributed by atoms with Crippen LogP contribution in [0.4, 0.5) is 11.4 Å². The molecule has 0 saturated heterocycles. The maximum atomic E-state index is 12.7. The van der Waals surface area contributed by atoms with Gasteiger partial charge in [-0.15, -0.1) is 0 Å².